The first-order valence-corrected chi connectivity index (χ1v) is 10.8. The Hall–Kier alpha value is -2.86. The van der Waals surface area contributed by atoms with Gasteiger partial charge in [-0.25, -0.2) is 4.98 Å². The third-order valence-electron chi connectivity index (χ3n) is 5.65. The van der Waals surface area contributed by atoms with E-state index < -0.39 is 0 Å². The van der Waals surface area contributed by atoms with E-state index in [9.17, 15) is 9.59 Å². The summed E-state index contributed by atoms with van der Waals surface area (Å²) < 4.78 is 0. The van der Waals surface area contributed by atoms with Crippen LogP contribution in [0.5, 0.6) is 0 Å². The molecule has 1 aliphatic rings. The minimum Gasteiger partial charge on any atom is -0.336 e. The van der Waals surface area contributed by atoms with Crippen LogP contribution >= 0.6 is 11.6 Å². The molecule has 2 aromatic carbocycles. The highest BCUT2D eigenvalue weighted by Gasteiger charge is 2.28. The Morgan fingerprint density at radius 2 is 1.83 bits per heavy atom. The molecule has 1 fully saturated rings. The lowest BCUT2D eigenvalue weighted by atomic mass is 10.1. The number of hydrogen-bond donors (Lipinski definition) is 1. The van der Waals surface area contributed by atoms with Crippen molar-refractivity contribution in [2.75, 3.05) is 19.0 Å². The van der Waals surface area contributed by atoms with E-state index in [2.05, 4.69) is 9.97 Å². The Bertz CT molecular complexity index is 987. The monoisotopic (exact) mass is 424 g/mol. The Morgan fingerprint density at radius 3 is 2.60 bits per heavy atom. The zero-order valence-electron chi connectivity index (χ0n) is 16.8. The third-order valence-corrected chi connectivity index (χ3v) is 5.88. The maximum absolute atomic E-state index is 13.0. The van der Waals surface area contributed by atoms with Gasteiger partial charge in [-0.3, -0.25) is 9.59 Å². The fourth-order valence-corrected chi connectivity index (χ4v) is 4.23. The number of aromatic amines is 1. The van der Waals surface area contributed by atoms with Crippen molar-refractivity contribution < 1.29 is 9.59 Å². The van der Waals surface area contributed by atoms with Gasteiger partial charge >= 0.3 is 0 Å². The van der Waals surface area contributed by atoms with Crippen molar-refractivity contribution in [1.29, 1.82) is 0 Å². The van der Waals surface area contributed by atoms with Gasteiger partial charge in [0.1, 0.15) is 5.88 Å². The van der Waals surface area contributed by atoms with Gasteiger partial charge in [-0.1, -0.05) is 42.5 Å². The quantitative estimate of drug-likeness (QED) is 0.633. The number of para-hydroxylation sites is 2. The summed E-state index contributed by atoms with van der Waals surface area (Å²) in [6.07, 6.45) is 2.40. The molecule has 30 heavy (non-hydrogen) atoms. The minimum atomic E-state index is -0.0925. The highest BCUT2D eigenvalue weighted by molar-refractivity contribution is 6.27. The Balaban J connectivity index is 1.46. The molecule has 4 rings (SSSR count). The van der Waals surface area contributed by atoms with Crippen LogP contribution in [0.1, 0.15) is 35.4 Å². The maximum Gasteiger partial charge on any atom is 0.289 e. The number of aromatic nitrogens is 2. The third kappa shape index (κ3) is 4.49. The number of rotatable bonds is 5. The van der Waals surface area contributed by atoms with Crippen LogP contribution in [0.2, 0.25) is 0 Å². The van der Waals surface area contributed by atoms with E-state index in [1.807, 2.05) is 64.4 Å². The number of nitrogens with zero attached hydrogens (tertiary/aromatic N) is 3. The van der Waals surface area contributed by atoms with Gasteiger partial charge in [0.05, 0.1) is 11.0 Å². The predicted octanol–water partition coefficient (Wildman–Crippen LogP) is 3.83. The van der Waals surface area contributed by atoms with Crippen LogP contribution in [-0.4, -0.2) is 56.6 Å². The van der Waals surface area contributed by atoms with Crippen molar-refractivity contribution in [3.63, 3.8) is 0 Å². The molecule has 2 amide bonds. The number of carbonyl (C=O) groups excluding carboxylic acids is 2. The van der Waals surface area contributed by atoms with Gasteiger partial charge in [0.2, 0.25) is 5.91 Å². The molecule has 7 heteroatoms. The highest BCUT2D eigenvalue weighted by Crippen LogP contribution is 2.21. The molecule has 0 spiro atoms. The predicted molar refractivity (Wildman–Crippen MR) is 117 cm³/mol. The van der Waals surface area contributed by atoms with Crippen LogP contribution < -0.4 is 0 Å². The van der Waals surface area contributed by atoms with Crippen LogP contribution in [0.15, 0.2) is 54.6 Å². The van der Waals surface area contributed by atoms with E-state index in [0.717, 1.165) is 35.9 Å². The summed E-state index contributed by atoms with van der Waals surface area (Å²) in [4.78, 5) is 36.8. The molecule has 1 N–H and O–H groups in total. The van der Waals surface area contributed by atoms with E-state index in [0.29, 0.717) is 25.5 Å². The molecule has 0 bridgehead atoms. The summed E-state index contributed by atoms with van der Waals surface area (Å²) in [7, 11) is 0. The highest BCUT2D eigenvalue weighted by atomic mass is 35.5. The summed E-state index contributed by atoms with van der Waals surface area (Å²) in [5.41, 5.74) is 2.72. The standard InChI is InChI=1S/C23H25ClN4O2/c24-15-21(29)28(16-17-7-2-1-3-8-17)18-9-6-13-27(14-12-18)23(30)22-25-19-10-4-5-11-20(19)26-22/h1-5,7-8,10-11,18H,6,9,12-16H2,(H,25,26). The number of imidazole rings is 1. The number of H-pyrrole nitrogens is 1. The summed E-state index contributed by atoms with van der Waals surface area (Å²) in [6.45, 7) is 1.77. The Kier molecular flexibility index (Phi) is 6.33. The van der Waals surface area contributed by atoms with Crippen molar-refractivity contribution in [2.45, 2.75) is 31.8 Å². The number of hydrogen-bond acceptors (Lipinski definition) is 3. The number of alkyl halides is 1. The van der Waals surface area contributed by atoms with Gasteiger partial charge in [-0.05, 0) is 37.0 Å². The number of halogens is 1. The molecule has 1 saturated heterocycles. The lowest BCUT2D eigenvalue weighted by Gasteiger charge is -2.31. The van der Waals surface area contributed by atoms with E-state index in [4.69, 9.17) is 11.6 Å². The largest absolute Gasteiger partial charge is 0.336 e. The number of benzene rings is 2. The first-order chi connectivity index (χ1) is 14.7. The second kappa shape index (κ2) is 9.30. The molecule has 6 nitrogen and oxygen atoms in total. The van der Waals surface area contributed by atoms with E-state index in [1.54, 1.807) is 0 Å². The minimum absolute atomic E-state index is 0.0367. The molecule has 1 unspecified atom stereocenters. The fraction of sp³-hybridized carbons (Fsp3) is 0.348. The van der Waals surface area contributed by atoms with Crippen LogP contribution in [0.25, 0.3) is 11.0 Å². The summed E-state index contributed by atoms with van der Waals surface area (Å²) in [5.74, 6) is 0.172. The maximum atomic E-state index is 13.0. The Morgan fingerprint density at radius 1 is 1.07 bits per heavy atom. The first kappa shape index (κ1) is 20.4. The molecule has 0 radical (unpaired) electrons. The lowest BCUT2D eigenvalue weighted by Crippen LogP contribution is -2.41. The second-order valence-electron chi connectivity index (χ2n) is 7.62. The molecule has 156 valence electrons. The zero-order valence-corrected chi connectivity index (χ0v) is 17.5. The van der Waals surface area contributed by atoms with Crippen molar-refractivity contribution >= 4 is 34.4 Å². The SMILES string of the molecule is O=C(c1nc2ccccc2[nH]1)N1CCCC(N(Cc2ccccc2)C(=O)CCl)CC1. The average Bonchev–Trinajstić information content (AvgIpc) is 3.07. The van der Waals surface area contributed by atoms with Crippen LogP contribution in [0.3, 0.4) is 0 Å². The van der Waals surface area contributed by atoms with Crippen LogP contribution in [0, 0.1) is 0 Å². The van der Waals surface area contributed by atoms with Crippen LogP contribution in [-0.2, 0) is 11.3 Å². The molecule has 1 aliphatic heterocycles. The average molecular weight is 425 g/mol. The summed E-state index contributed by atoms with van der Waals surface area (Å²) in [5, 5.41) is 0. The van der Waals surface area contributed by atoms with Crippen LogP contribution in [0.4, 0.5) is 0 Å². The first-order valence-electron chi connectivity index (χ1n) is 10.3. The van der Waals surface area contributed by atoms with E-state index in [1.165, 1.54) is 0 Å². The molecule has 1 aromatic heterocycles. The number of amides is 2. The molecule has 1 atom stereocenters. The number of likely N-dealkylation sites (tertiary alicyclic amines) is 1. The van der Waals surface area contributed by atoms with Crippen molar-refractivity contribution in [1.82, 2.24) is 19.8 Å². The van der Waals surface area contributed by atoms with Gasteiger partial charge in [0.25, 0.3) is 5.91 Å². The number of carbonyl (C=O) groups is 2. The smallest absolute Gasteiger partial charge is 0.289 e. The van der Waals surface area contributed by atoms with Gasteiger partial charge in [-0.2, -0.15) is 0 Å². The lowest BCUT2D eigenvalue weighted by molar-refractivity contribution is -0.131. The summed E-state index contributed by atoms with van der Waals surface area (Å²) >= 11 is 5.90. The number of fused-ring (bicyclic) bond motifs is 1. The van der Waals surface area contributed by atoms with E-state index >= 15 is 0 Å². The molecule has 0 aliphatic carbocycles. The summed E-state index contributed by atoms with van der Waals surface area (Å²) in [6, 6.07) is 17.6. The zero-order chi connectivity index (χ0) is 20.9. The van der Waals surface area contributed by atoms with Crippen molar-refractivity contribution in [2.24, 2.45) is 0 Å². The van der Waals surface area contributed by atoms with Gasteiger partial charge in [0.15, 0.2) is 5.82 Å². The normalized spacial score (nSPS) is 17.0. The number of nitrogens with one attached hydrogen (secondary N) is 1. The molecular formula is C23H25ClN4O2. The van der Waals surface area contributed by atoms with Crippen molar-refractivity contribution in [3.05, 3.63) is 66.0 Å². The molecule has 2 heterocycles. The Labute approximate surface area is 180 Å². The van der Waals surface area contributed by atoms with Gasteiger partial charge in [0, 0.05) is 25.7 Å². The molecule has 0 saturated carbocycles. The topological polar surface area (TPSA) is 69.3 Å². The van der Waals surface area contributed by atoms with Crippen molar-refractivity contribution in [3.8, 4) is 0 Å². The van der Waals surface area contributed by atoms with Gasteiger partial charge in [-0.15, -0.1) is 11.6 Å². The molecule has 3 aromatic rings. The fourth-order valence-electron chi connectivity index (χ4n) is 4.08. The molecular weight excluding hydrogens is 400 g/mol. The van der Waals surface area contributed by atoms with E-state index in [-0.39, 0.29) is 23.7 Å². The second-order valence-corrected chi connectivity index (χ2v) is 7.89. The van der Waals surface area contributed by atoms with Gasteiger partial charge < -0.3 is 14.8 Å².